The predicted molar refractivity (Wildman–Crippen MR) is 117 cm³/mol. The van der Waals surface area contributed by atoms with E-state index in [1.54, 1.807) is 32.9 Å². The Morgan fingerprint density at radius 2 is 1.53 bits per heavy atom. The normalized spacial score (nSPS) is 11.8. The van der Waals surface area contributed by atoms with Crippen LogP contribution >= 0.6 is 11.3 Å². The first kappa shape index (κ1) is 23.9. The summed E-state index contributed by atoms with van der Waals surface area (Å²) in [6, 6.07) is 6.54. The number of esters is 2. The summed E-state index contributed by atoms with van der Waals surface area (Å²) >= 11 is 0.852. The van der Waals surface area contributed by atoms with Crippen molar-refractivity contribution >= 4 is 38.3 Å². The highest BCUT2D eigenvalue weighted by Gasteiger charge is 2.29. The van der Waals surface area contributed by atoms with Crippen molar-refractivity contribution in [2.45, 2.75) is 51.9 Å². The van der Waals surface area contributed by atoms with E-state index >= 15 is 0 Å². The smallest absolute Gasteiger partial charge is 0.348 e. The SMILES string of the molecule is CCOC(=O)c1sc(NS(=O)(=O)c2ccc(C(C)(C)C)cc2)c(C(=O)OCC)c1C. The summed E-state index contributed by atoms with van der Waals surface area (Å²) in [5.74, 6) is -1.33. The van der Waals surface area contributed by atoms with Crippen molar-refractivity contribution in [3.8, 4) is 0 Å². The summed E-state index contributed by atoms with van der Waals surface area (Å²) in [7, 11) is -3.99. The van der Waals surface area contributed by atoms with Gasteiger partial charge in [0.2, 0.25) is 0 Å². The zero-order chi connectivity index (χ0) is 22.7. The van der Waals surface area contributed by atoms with Crippen LogP contribution in [-0.4, -0.2) is 33.6 Å². The number of rotatable bonds is 7. The van der Waals surface area contributed by atoms with Gasteiger partial charge >= 0.3 is 11.9 Å². The lowest BCUT2D eigenvalue weighted by Crippen LogP contribution is -2.16. The van der Waals surface area contributed by atoms with Crippen LogP contribution in [0, 0.1) is 6.92 Å². The zero-order valence-corrected chi connectivity index (χ0v) is 19.6. The van der Waals surface area contributed by atoms with Gasteiger partial charge in [0.15, 0.2) is 0 Å². The van der Waals surface area contributed by atoms with Crippen LogP contribution in [0.1, 0.15) is 65.8 Å². The van der Waals surface area contributed by atoms with Gasteiger partial charge in [0.1, 0.15) is 9.88 Å². The zero-order valence-electron chi connectivity index (χ0n) is 18.0. The maximum Gasteiger partial charge on any atom is 0.348 e. The Morgan fingerprint density at radius 1 is 1.00 bits per heavy atom. The van der Waals surface area contributed by atoms with E-state index in [4.69, 9.17) is 9.47 Å². The van der Waals surface area contributed by atoms with Crippen molar-refractivity contribution < 1.29 is 27.5 Å². The number of sulfonamides is 1. The second kappa shape index (κ2) is 9.18. The molecule has 2 rings (SSSR count). The summed E-state index contributed by atoms with van der Waals surface area (Å²) in [6.07, 6.45) is 0. The van der Waals surface area contributed by atoms with Gasteiger partial charge in [0.25, 0.3) is 10.0 Å². The van der Waals surface area contributed by atoms with Crippen LogP contribution in [-0.2, 0) is 24.9 Å². The van der Waals surface area contributed by atoms with Gasteiger partial charge in [-0.3, -0.25) is 4.72 Å². The van der Waals surface area contributed by atoms with E-state index in [2.05, 4.69) is 4.72 Å². The summed E-state index contributed by atoms with van der Waals surface area (Å²) in [4.78, 5) is 24.9. The number of ether oxygens (including phenoxy) is 2. The fourth-order valence-corrected chi connectivity index (χ4v) is 5.14. The van der Waals surface area contributed by atoms with E-state index in [1.807, 2.05) is 20.8 Å². The lowest BCUT2D eigenvalue weighted by atomic mass is 9.87. The van der Waals surface area contributed by atoms with E-state index in [9.17, 15) is 18.0 Å². The molecule has 0 unspecified atom stereocenters. The summed E-state index contributed by atoms with van der Waals surface area (Å²) < 4.78 is 38.4. The number of carbonyl (C=O) groups excluding carboxylic acids is 2. The molecule has 1 heterocycles. The number of thiophene rings is 1. The highest BCUT2D eigenvalue weighted by molar-refractivity contribution is 7.93. The molecule has 164 valence electrons. The number of benzene rings is 1. The Labute approximate surface area is 181 Å². The number of hydrogen-bond donors (Lipinski definition) is 1. The molecule has 30 heavy (non-hydrogen) atoms. The second-order valence-electron chi connectivity index (χ2n) is 7.58. The molecular weight excluding hydrogens is 426 g/mol. The third-order valence-corrected chi connectivity index (χ3v) is 7.03. The molecule has 7 nitrogen and oxygen atoms in total. The van der Waals surface area contributed by atoms with E-state index < -0.39 is 22.0 Å². The molecule has 0 fully saturated rings. The topological polar surface area (TPSA) is 98.8 Å². The Hall–Kier alpha value is -2.39. The van der Waals surface area contributed by atoms with Gasteiger partial charge < -0.3 is 9.47 Å². The molecule has 9 heteroatoms. The molecule has 0 aliphatic carbocycles. The lowest BCUT2D eigenvalue weighted by molar-refractivity contribution is 0.0527. The number of anilines is 1. The van der Waals surface area contributed by atoms with E-state index in [-0.39, 0.29) is 39.0 Å². The van der Waals surface area contributed by atoms with Crippen LogP contribution in [0.3, 0.4) is 0 Å². The average molecular weight is 454 g/mol. The number of hydrogen-bond acceptors (Lipinski definition) is 7. The molecule has 2 aromatic rings. The Balaban J connectivity index is 2.48. The molecule has 0 aliphatic rings. The molecule has 0 radical (unpaired) electrons. The summed E-state index contributed by atoms with van der Waals surface area (Å²) in [5.41, 5.74) is 1.20. The van der Waals surface area contributed by atoms with Crippen molar-refractivity contribution in [3.05, 3.63) is 45.8 Å². The highest BCUT2D eigenvalue weighted by atomic mass is 32.2. The summed E-state index contributed by atoms with van der Waals surface area (Å²) in [6.45, 7) is 11.2. The third kappa shape index (κ3) is 5.20. The lowest BCUT2D eigenvalue weighted by Gasteiger charge is -2.19. The van der Waals surface area contributed by atoms with Crippen molar-refractivity contribution in [1.82, 2.24) is 0 Å². The Morgan fingerprint density at radius 3 is 2.03 bits per heavy atom. The molecular formula is C21H27NO6S2. The largest absolute Gasteiger partial charge is 0.462 e. The minimum atomic E-state index is -3.99. The summed E-state index contributed by atoms with van der Waals surface area (Å²) in [5, 5.41) is 0.0221. The predicted octanol–water partition coefficient (Wildman–Crippen LogP) is 4.51. The molecule has 0 saturated heterocycles. The first-order chi connectivity index (χ1) is 13.9. The van der Waals surface area contributed by atoms with E-state index in [0.717, 1.165) is 16.9 Å². The second-order valence-corrected chi connectivity index (χ2v) is 10.3. The van der Waals surface area contributed by atoms with Gasteiger partial charge in [-0.1, -0.05) is 32.9 Å². The van der Waals surface area contributed by atoms with Crippen molar-refractivity contribution in [2.75, 3.05) is 17.9 Å². The van der Waals surface area contributed by atoms with Crippen LogP contribution in [0.2, 0.25) is 0 Å². The quantitative estimate of drug-likeness (QED) is 0.620. The fourth-order valence-electron chi connectivity index (χ4n) is 2.74. The average Bonchev–Trinajstić information content (AvgIpc) is 2.97. The molecule has 0 bridgehead atoms. The number of carbonyl (C=O) groups is 2. The molecule has 0 atom stereocenters. The fraction of sp³-hybridized carbons (Fsp3) is 0.429. The van der Waals surface area contributed by atoms with Crippen LogP contribution in [0.4, 0.5) is 5.00 Å². The Kier molecular flexibility index (Phi) is 7.31. The Bertz CT molecular complexity index is 1030. The maximum absolute atomic E-state index is 12.9. The number of nitrogens with one attached hydrogen (secondary N) is 1. The monoisotopic (exact) mass is 453 g/mol. The van der Waals surface area contributed by atoms with Gasteiger partial charge in [-0.05, 0) is 49.4 Å². The van der Waals surface area contributed by atoms with Crippen LogP contribution in [0.15, 0.2) is 29.2 Å². The van der Waals surface area contributed by atoms with Crippen molar-refractivity contribution in [1.29, 1.82) is 0 Å². The molecule has 0 aliphatic heterocycles. The van der Waals surface area contributed by atoms with Gasteiger partial charge in [-0.25, -0.2) is 18.0 Å². The molecule has 0 amide bonds. The van der Waals surface area contributed by atoms with Gasteiger partial charge in [-0.15, -0.1) is 11.3 Å². The molecule has 0 saturated carbocycles. The van der Waals surface area contributed by atoms with Crippen LogP contribution in [0.25, 0.3) is 0 Å². The first-order valence-electron chi connectivity index (χ1n) is 9.53. The van der Waals surface area contributed by atoms with E-state index in [0.29, 0.717) is 5.56 Å². The van der Waals surface area contributed by atoms with Crippen LogP contribution < -0.4 is 4.72 Å². The molecule has 1 N–H and O–H groups in total. The van der Waals surface area contributed by atoms with Gasteiger partial charge in [-0.2, -0.15) is 0 Å². The van der Waals surface area contributed by atoms with Crippen molar-refractivity contribution in [2.24, 2.45) is 0 Å². The van der Waals surface area contributed by atoms with Crippen molar-refractivity contribution in [3.63, 3.8) is 0 Å². The van der Waals surface area contributed by atoms with Gasteiger partial charge in [0, 0.05) is 0 Å². The van der Waals surface area contributed by atoms with Crippen LogP contribution in [0.5, 0.6) is 0 Å². The third-order valence-electron chi connectivity index (χ3n) is 4.34. The minimum absolute atomic E-state index is 0.0137. The van der Waals surface area contributed by atoms with E-state index in [1.165, 1.54) is 12.1 Å². The molecule has 0 spiro atoms. The first-order valence-corrected chi connectivity index (χ1v) is 11.8. The minimum Gasteiger partial charge on any atom is -0.462 e. The molecule has 1 aromatic carbocycles. The standard InChI is InChI=1S/C21H27NO6S2/c1-7-27-19(23)16-13(3)17(20(24)28-8-2)29-18(16)22-30(25,26)15-11-9-14(10-12-15)21(4,5)6/h9-12,22H,7-8H2,1-6H3. The van der Waals surface area contributed by atoms with Gasteiger partial charge in [0.05, 0.1) is 23.7 Å². The highest BCUT2D eigenvalue weighted by Crippen LogP contribution is 2.36. The maximum atomic E-state index is 12.9. The molecule has 1 aromatic heterocycles.